The maximum absolute atomic E-state index is 13.4. The number of benzene rings is 1. The Bertz CT molecular complexity index is 981. The second-order valence-corrected chi connectivity index (χ2v) is 6.54. The largest absolute Gasteiger partial charge is 0.384 e. The van der Waals surface area contributed by atoms with Crippen molar-refractivity contribution >= 4 is 11.7 Å². The number of carbonyl (C=O) groups is 1. The van der Waals surface area contributed by atoms with Crippen molar-refractivity contribution in [2.75, 3.05) is 32.0 Å². The van der Waals surface area contributed by atoms with Gasteiger partial charge in [0.15, 0.2) is 0 Å². The topological polar surface area (TPSA) is 86.3 Å². The zero-order valence-electron chi connectivity index (χ0n) is 15.2. The van der Waals surface area contributed by atoms with Crippen LogP contribution in [0.1, 0.15) is 0 Å². The molecular weight excluding hydrogens is 361 g/mol. The number of pyridine rings is 1. The first kappa shape index (κ1) is 18.1. The SMILES string of the molecule is Nc1cc(-c2c(-c3ccc(F)cc3)ncn2CC(=O)N2CCOCC2)ccn1. The van der Waals surface area contributed by atoms with E-state index in [1.165, 1.54) is 12.1 Å². The van der Waals surface area contributed by atoms with Crippen LogP contribution in [0.4, 0.5) is 10.2 Å². The number of amides is 1. The summed E-state index contributed by atoms with van der Waals surface area (Å²) in [6.45, 7) is 2.39. The van der Waals surface area contributed by atoms with Gasteiger partial charge in [-0.15, -0.1) is 0 Å². The van der Waals surface area contributed by atoms with Crippen LogP contribution in [0.25, 0.3) is 22.5 Å². The molecule has 1 aromatic carbocycles. The standard InChI is InChI=1S/C20H20FN5O2/c21-16-3-1-14(2-4-16)19-20(15-5-6-23-17(22)11-15)26(13-24-19)12-18(27)25-7-9-28-10-8-25/h1-6,11,13H,7-10,12H2,(H2,22,23). The highest BCUT2D eigenvalue weighted by Crippen LogP contribution is 2.32. The summed E-state index contributed by atoms with van der Waals surface area (Å²) in [5.74, 6) is 0.0461. The molecule has 0 radical (unpaired) electrons. The van der Waals surface area contributed by atoms with Gasteiger partial charge in [0.05, 0.1) is 30.9 Å². The fourth-order valence-electron chi connectivity index (χ4n) is 3.28. The van der Waals surface area contributed by atoms with E-state index in [1.54, 1.807) is 40.2 Å². The molecule has 3 aromatic rings. The lowest BCUT2D eigenvalue weighted by molar-refractivity contribution is -0.135. The van der Waals surface area contributed by atoms with Crippen LogP contribution >= 0.6 is 0 Å². The van der Waals surface area contributed by atoms with Gasteiger partial charge in [0.2, 0.25) is 5.91 Å². The van der Waals surface area contributed by atoms with E-state index in [9.17, 15) is 9.18 Å². The van der Waals surface area contributed by atoms with Crippen molar-refractivity contribution in [3.63, 3.8) is 0 Å². The highest BCUT2D eigenvalue weighted by molar-refractivity contribution is 5.82. The lowest BCUT2D eigenvalue weighted by Crippen LogP contribution is -2.42. The van der Waals surface area contributed by atoms with Crippen LogP contribution in [-0.2, 0) is 16.1 Å². The van der Waals surface area contributed by atoms with Gasteiger partial charge in [-0.3, -0.25) is 4.79 Å². The summed E-state index contributed by atoms with van der Waals surface area (Å²) in [6.07, 6.45) is 3.24. The summed E-state index contributed by atoms with van der Waals surface area (Å²) >= 11 is 0. The number of morpholine rings is 1. The van der Waals surface area contributed by atoms with Crippen LogP contribution in [0.3, 0.4) is 0 Å². The minimum atomic E-state index is -0.319. The summed E-state index contributed by atoms with van der Waals surface area (Å²) < 4.78 is 20.5. The number of carbonyl (C=O) groups excluding carboxylic acids is 1. The third-order valence-corrected chi connectivity index (χ3v) is 4.68. The highest BCUT2D eigenvalue weighted by Gasteiger charge is 2.21. The molecule has 0 atom stereocenters. The average molecular weight is 381 g/mol. The molecule has 28 heavy (non-hydrogen) atoms. The van der Waals surface area contributed by atoms with Crippen molar-refractivity contribution in [1.82, 2.24) is 19.4 Å². The number of aromatic nitrogens is 3. The molecule has 0 spiro atoms. The van der Waals surface area contributed by atoms with E-state index < -0.39 is 0 Å². The van der Waals surface area contributed by atoms with Crippen LogP contribution in [0.15, 0.2) is 48.9 Å². The Morgan fingerprint density at radius 1 is 1.11 bits per heavy atom. The first-order valence-corrected chi connectivity index (χ1v) is 9.00. The minimum absolute atomic E-state index is 0.00497. The van der Waals surface area contributed by atoms with Crippen molar-refractivity contribution in [3.05, 3.63) is 54.7 Å². The van der Waals surface area contributed by atoms with Gasteiger partial charge >= 0.3 is 0 Å². The Labute approximate surface area is 161 Å². The molecule has 0 aliphatic carbocycles. The van der Waals surface area contributed by atoms with Gasteiger partial charge in [-0.1, -0.05) is 0 Å². The molecule has 4 rings (SSSR count). The van der Waals surface area contributed by atoms with Crippen molar-refractivity contribution in [2.24, 2.45) is 0 Å². The number of ether oxygens (including phenoxy) is 1. The summed E-state index contributed by atoms with van der Waals surface area (Å²) in [5.41, 5.74) is 8.80. The van der Waals surface area contributed by atoms with E-state index in [1.807, 2.05) is 6.07 Å². The number of rotatable bonds is 4. The molecule has 0 unspecified atom stereocenters. The highest BCUT2D eigenvalue weighted by atomic mass is 19.1. The van der Waals surface area contributed by atoms with Gasteiger partial charge < -0.3 is 19.9 Å². The smallest absolute Gasteiger partial charge is 0.242 e. The predicted molar refractivity (Wildman–Crippen MR) is 103 cm³/mol. The number of nitrogens with two attached hydrogens (primary N) is 1. The molecule has 144 valence electrons. The number of nitrogen functional groups attached to an aromatic ring is 1. The second kappa shape index (κ2) is 7.77. The Morgan fingerprint density at radius 2 is 1.86 bits per heavy atom. The molecule has 1 saturated heterocycles. The molecule has 0 saturated carbocycles. The summed E-state index contributed by atoms with van der Waals surface area (Å²) in [5, 5.41) is 0. The maximum Gasteiger partial charge on any atom is 0.242 e. The Balaban J connectivity index is 1.73. The number of anilines is 1. The average Bonchev–Trinajstić information content (AvgIpc) is 3.12. The van der Waals surface area contributed by atoms with Gasteiger partial charge in [-0.2, -0.15) is 0 Å². The summed E-state index contributed by atoms with van der Waals surface area (Å²) in [6, 6.07) is 9.66. The molecule has 2 N–H and O–H groups in total. The van der Waals surface area contributed by atoms with Crippen molar-refractivity contribution in [1.29, 1.82) is 0 Å². The quantitative estimate of drug-likeness (QED) is 0.749. The van der Waals surface area contributed by atoms with Gasteiger partial charge in [-0.25, -0.2) is 14.4 Å². The first-order chi connectivity index (χ1) is 13.6. The number of imidazole rings is 1. The Hall–Kier alpha value is -3.26. The summed E-state index contributed by atoms with van der Waals surface area (Å²) in [7, 11) is 0. The predicted octanol–water partition coefficient (Wildman–Crippen LogP) is 2.19. The zero-order valence-corrected chi connectivity index (χ0v) is 15.2. The molecule has 1 aliphatic heterocycles. The molecule has 3 heterocycles. The van der Waals surface area contributed by atoms with Gasteiger partial charge in [0.1, 0.15) is 18.2 Å². The van der Waals surface area contributed by atoms with E-state index in [4.69, 9.17) is 10.5 Å². The molecule has 1 fully saturated rings. The molecule has 8 heteroatoms. The Morgan fingerprint density at radius 3 is 2.57 bits per heavy atom. The molecule has 1 amide bonds. The van der Waals surface area contributed by atoms with Gasteiger partial charge in [0.25, 0.3) is 0 Å². The maximum atomic E-state index is 13.4. The molecule has 1 aliphatic rings. The van der Waals surface area contributed by atoms with E-state index in [-0.39, 0.29) is 18.3 Å². The van der Waals surface area contributed by atoms with E-state index in [2.05, 4.69) is 9.97 Å². The van der Waals surface area contributed by atoms with Crippen LogP contribution in [0.2, 0.25) is 0 Å². The van der Waals surface area contributed by atoms with E-state index in [0.29, 0.717) is 37.8 Å². The Kier molecular flexibility index (Phi) is 5.03. The van der Waals surface area contributed by atoms with Crippen LogP contribution in [0, 0.1) is 5.82 Å². The van der Waals surface area contributed by atoms with Crippen molar-refractivity contribution in [2.45, 2.75) is 6.54 Å². The monoisotopic (exact) mass is 381 g/mol. The zero-order chi connectivity index (χ0) is 19.5. The second-order valence-electron chi connectivity index (χ2n) is 6.54. The van der Waals surface area contributed by atoms with Gasteiger partial charge in [0, 0.05) is 30.4 Å². The normalized spacial score (nSPS) is 14.2. The molecule has 0 bridgehead atoms. The molecular formula is C20H20FN5O2. The molecule has 7 nitrogen and oxygen atoms in total. The first-order valence-electron chi connectivity index (χ1n) is 9.00. The molecule has 2 aromatic heterocycles. The minimum Gasteiger partial charge on any atom is -0.384 e. The number of nitrogens with zero attached hydrogens (tertiary/aromatic N) is 4. The van der Waals surface area contributed by atoms with E-state index in [0.717, 1.165) is 16.8 Å². The third kappa shape index (κ3) is 3.72. The van der Waals surface area contributed by atoms with Crippen LogP contribution in [-0.4, -0.2) is 51.6 Å². The number of hydrogen-bond donors (Lipinski definition) is 1. The fourth-order valence-corrected chi connectivity index (χ4v) is 3.28. The van der Waals surface area contributed by atoms with Crippen LogP contribution in [0.5, 0.6) is 0 Å². The summed E-state index contributed by atoms with van der Waals surface area (Å²) in [4.78, 5) is 23.1. The van der Waals surface area contributed by atoms with Gasteiger partial charge in [-0.05, 0) is 36.4 Å². The lowest BCUT2D eigenvalue weighted by Gasteiger charge is -2.27. The van der Waals surface area contributed by atoms with Crippen molar-refractivity contribution < 1.29 is 13.9 Å². The number of halogens is 1. The van der Waals surface area contributed by atoms with Crippen molar-refractivity contribution in [3.8, 4) is 22.5 Å². The fraction of sp³-hybridized carbons (Fsp3) is 0.250. The van der Waals surface area contributed by atoms with Crippen LogP contribution < -0.4 is 5.73 Å². The van der Waals surface area contributed by atoms with E-state index >= 15 is 0 Å². The third-order valence-electron chi connectivity index (χ3n) is 4.68. The number of hydrogen-bond acceptors (Lipinski definition) is 5. The lowest BCUT2D eigenvalue weighted by atomic mass is 10.1.